The van der Waals surface area contributed by atoms with Crippen LogP contribution in [0.3, 0.4) is 0 Å². The maximum Gasteiger partial charge on any atom is 0.230 e. The topological polar surface area (TPSA) is 81.7 Å². The molecule has 0 radical (unpaired) electrons. The maximum atomic E-state index is 13.3. The van der Waals surface area contributed by atoms with E-state index >= 15 is 0 Å². The fourth-order valence-corrected chi connectivity index (χ4v) is 4.05. The monoisotopic (exact) mass is 473 g/mol. The van der Waals surface area contributed by atoms with E-state index in [2.05, 4.69) is 5.32 Å². The summed E-state index contributed by atoms with van der Waals surface area (Å²) >= 11 is 6.11. The van der Waals surface area contributed by atoms with Crippen LogP contribution in [0.15, 0.2) is 81.8 Å². The van der Waals surface area contributed by atoms with Crippen LogP contribution in [0.1, 0.15) is 28.6 Å². The van der Waals surface area contributed by atoms with E-state index in [0.717, 1.165) is 5.39 Å². The average Bonchev–Trinajstić information content (AvgIpc) is 3.40. The van der Waals surface area contributed by atoms with Crippen LogP contribution in [0.4, 0.5) is 5.69 Å². The molecule has 34 heavy (non-hydrogen) atoms. The zero-order chi connectivity index (χ0) is 23.7. The number of hydrogen-bond donors (Lipinski definition) is 1. The van der Waals surface area contributed by atoms with Crippen LogP contribution in [0.25, 0.3) is 21.9 Å². The summed E-state index contributed by atoms with van der Waals surface area (Å²) in [4.78, 5) is 26.3. The minimum absolute atomic E-state index is 0.0452. The summed E-state index contributed by atoms with van der Waals surface area (Å²) in [5, 5.41) is 4.85. The molecule has 170 valence electrons. The number of hydrogen-bond acceptors (Lipinski definition) is 5. The number of para-hydroxylation sites is 1. The Morgan fingerprint density at radius 2 is 1.76 bits per heavy atom. The molecule has 0 bridgehead atoms. The van der Waals surface area contributed by atoms with E-state index in [1.54, 1.807) is 60.9 Å². The molecule has 3 aromatic carbocycles. The number of halogens is 1. The minimum atomic E-state index is -0.338. The van der Waals surface area contributed by atoms with Crippen molar-refractivity contribution in [3.05, 3.63) is 94.9 Å². The maximum absolute atomic E-state index is 13.3. The number of ether oxygens (including phenoxy) is 1. The smallest absolute Gasteiger partial charge is 0.230 e. The lowest BCUT2D eigenvalue weighted by molar-refractivity contribution is -0.115. The first kappa shape index (κ1) is 21.8. The van der Waals surface area contributed by atoms with Gasteiger partial charge in [0.15, 0.2) is 5.76 Å². The van der Waals surface area contributed by atoms with Crippen molar-refractivity contribution < 1.29 is 23.2 Å². The largest absolute Gasteiger partial charge is 0.494 e. The number of fused-ring (bicyclic) bond motifs is 2. The second-order valence-corrected chi connectivity index (χ2v) is 8.15. The van der Waals surface area contributed by atoms with Crippen molar-refractivity contribution in [1.29, 1.82) is 0 Å². The van der Waals surface area contributed by atoms with Gasteiger partial charge >= 0.3 is 0 Å². The Hall–Kier alpha value is -4.03. The first-order valence-corrected chi connectivity index (χ1v) is 11.2. The van der Waals surface area contributed by atoms with Crippen LogP contribution < -0.4 is 10.1 Å². The number of carbonyl (C=O) groups is 2. The molecule has 0 atom stereocenters. The fraction of sp³-hybridized carbons (Fsp3) is 0.111. The van der Waals surface area contributed by atoms with E-state index in [9.17, 15) is 9.59 Å². The van der Waals surface area contributed by atoms with Gasteiger partial charge in [0.25, 0.3) is 0 Å². The van der Waals surface area contributed by atoms with Crippen LogP contribution in [0.2, 0.25) is 5.02 Å². The number of furan rings is 2. The third-order valence-corrected chi connectivity index (χ3v) is 5.70. The quantitative estimate of drug-likeness (QED) is 0.268. The van der Waals surface area contributed by atoms with Gasteiger partial charge in [0.1, 0.15) is 16.9 Å². The second-order valence-electron chi connectivity index (χ2n) is 7.72. The Bertz CT molecular complexity index is 1510. The first-order valence-electron chi connectivity index (χ1n) is 10.8. The average molecular weight is 474 g/mol. The van der Waals surface area contributed by atoms with Gasteiger partial charge in [-0.1, -0.05) is 23.7 Å². The number of ketones is 1. The van der Waals surface area contributed by atoms with Gasteiger partial charge in [0, 0.05) is 26.9 Å². The molecule has 2 heterocycles. The van der Waals surface area contributed by atoms with Gasteiger partial charge in [-0.3, -0.25) is 9.59 Å². The van der Waals surface area contributed by atoms with Crippen LogP contribution in [-0.4, -0.2) is 18.3 Å². The van der Waals surface area contributed by atoms with E-state index in [4.69, 9.17) is 25.2 Å². The lowest BCUT2D eigenvalue weighted by Gasteiger charge is -2.07. The second kappa shape index (κ2) is 9.08. The zero-order valence-electron chi connectivity index (χ0n) is 18.3. The molecule has 0 unspecified atom stereocenters. The highest BCUT2D eigenvalue weighted by molar-refractivity contribution is 6.31. The van der Waals surface area contributed by atoms with Gasteiger partial charge in [0.05, 0.1) is 25.0 Å². The van der Waals surface area contributed by atoms with Gasteiger partial charge in [-0.25, -0.2) is 0 Å². The number of anilines is 1. The van der Waals surface area contributed by atoms with Crippen LogP contribution in [-0.2, 0) is 11.2 Å². The highest BCUT2D eigenvalue weighted by Crippen LogP contribution is 2.33. The molecule has 0 aliphatic heterocycles. The van der Waals surface area contributed by atoms with Crippen molar-refractivity contribution in [2.75, 3.05) is 11.9 Å². The number of nitrogens with one attached hydrogen (secondary N) is 1. The Kier molecular flexibility index (Phi) is 5.82. The molecule has 0 spiro atoms. The van der Waals surface area contributed by atoms with Gasteiger partial charge in [0.2, 0.25) is 11.7 Å². The molecule has 0 aliphatic carbocycles. The predicted molar refractivity (Wildman–Crippen MR) is 131 cm³/mol. The number of benzene rings is 3. The SMILES string of the molecule is CCOc1ccc(C(=O)c2oc3ccccc3c2NC(=O)Cc2coc3ccc(Cl)cc23)cc1. The van der Waals surface area contributed by atoms with Crippen molar-refractivity contribution in [3.8, 4) is 5.75 Å². The highest BCUT2D eigenvalue weighted by Gasteiger charge is 2.24. The molecule has 0 saturated carbocycles. The molecule has 0 aliphatic rings. The van der Waals surface area contributed by atoms with Crippen molar-refractivity contribution in [2.45, 2.75) is 13.3 Å². The molecule has 5 rings (SSSR count). The third kappa shape index (κ3) is 4.16. The number of carbonyl (C=O) groups excluding carboxylic acids is 2. The van der Waals surface area contributed by atoms with E-state index < -0.39 is 0 Å². The van der Waals surface area contributed by atoms with Gasteiger partial charge in [-0.15, -0.1) is 0 Å². The molecule has 2 aromatic heterocycles. The standard InChI is InChI=1S/C27H20ClNO5/c1-2-32-19-10-7-16(8-11-19)26(31)27-25(20-5-3-4-6-23(20)34-27)29-24(30)13-17-15-33-22-12-9-18(28)14-21(17)22/h3-12,14-15H,2,13H2,1H3,(H,29,30). The first-order chi connectivity index (χ1) is 16.5. The Morgan fingerprint density at radius 1 is 0.971 bits per heavy atom. The van der Waals surface area contributed by atoms with E-state index in [-0.39, 0.29) is 23.9 Å². The summed E-state index contributed by atoms with van der Waals surface area (Å²) in [6, 6.07) is 19.2. The lowest BCUT2D eigenvalue weighted by Crippen LogP contribution is -2.16. The number of rotatable bonds is 7. The van der Waals surface area contributed by atoms with Crippen molar-refractivity contribution >= 4 is 50.9 Å². The molecular formula is C27H20ClNO5. The van der Waals surface area contributed by atoms with E-state index in [0.29, 0.717) is 50.7 Å². The van der Waals surface area contributed by atoms with Crippen molar-refractivity contribution in [2.24, 2.45) is 0 Å². The van der Waals surface area contributed by atoms with E-state index in [1.807, 2.05) is 19.1 Å². The minimum Gasteiger partial charge on any atom is -0.494 e. The predicted octanol–water partition coefficient (Wildman–Crippen LogP) is 6.64. The fourth-order valence-electron chi connectivity index (χ4n) is 3.88. The van der Waals surface area contributed by atoms with Crippen molar-refractivity contribution in [1.82, 2.24) is 0 Å². The summed E-state index contributed by atoms with van der Waals surface area (Å²) in [6.07, 6.45) is 1.59. The highest BCUT2D eigenvalue weighted by atomic mass is 35.5. The van der Waals surface area contributed by atoms with E-state index in [1.165, 1.54) is 0 Å². The molecule has 6 nitrogen and oxygen atoms in total. The Morgan fingerprint density at radius 3 is 2.56 bits per heavy atom. The molecule has 0 saturated heterocycles. The van der Waals surface area contributed by atoms with Crippen LogP contribution in [0.5, 0.6) is 5.75 Å². The molecule has 5 aromatic rings. The van der Waals surface area contributed by atoms with Gasteiger partial charge in [-0.05, 0) is 61.5 Å². The summed E-state index contributed by atoms with van der Waals surface area (Å²) in [5.41, 5.74) is 2.61. The molecule has 7 heteroatoms. The molecule has 1 N–H and O–H groups in total. The summed E-state index contributed by atoms with van der Waals surface area (Å²) in [6.45, 7) is 2.43. The van der Waals surface area contributed by atoms with Gasteiger partial charge in [-0.2, -0.15) is 0 Å². The van der Waals surface area contributed by atoms with Gasteiger partial charge < -0.3 is 18.9 Å². The number of amides is 1. The summed E-state index contributed by atoms with van der Waals surface area (Å²) in [5.74, 6) is 0.0912. The summed E-state index contributed by atoms with van der Waals surface area (Å²) in [7, 11) is 0. The molecular weight excluding hydrogens is 454 g/mol. The molecule has 0 fully saturated rings. The zero-order valence-corrected chi connectivity index (χ0v) is 19.0. The Labute approximate surface area is 200 Å². The van der Waals surface area contributed by atoms with Crippen LogP contribution in [0, 0.1) is 0 Å². The summed E-state index contributed by atoms with van der Waals surface area (Å²) < 4.78 is 16.9. The normalized spacial score (nSPS) is 11.1. The third-order valence-electron chi connectivity index (χ3n) is 5.46. The van der Waals surface area contributed by atoms with Crippen molar-refractivity contribution in [3.63, 3.8) is 0 Å². The Balaban J connectivity index is 1.46. The molecule has 1 amide bonds. The lowest BCUT2D eigenvalue weighted by atomic mass is 10.1. The van der Waals surface area contributed by atoms with Crippen LogP contribution >= 0.6 is 11.6 Å².